The highest BCUT2D eigenvalue weighted by Crippen LogP contribution is 2.45. The van der Waals surface area contributed by atoms with Gasteiger partial charge in [0.05, 0.1) is 29.1 Å². The van der Waals surface area contributed by atoms with Crippen LogP contribution in [0.15, 0.2) is 128 Å². The van der Waals surface area contributed by atoms with E-state index in [1.54, 1.807) is 0 Å². The third-order valence-electron chi connectivity index (χ3n) is 10.2. The summed E-state index contributed by atoms with van der Waals surface area (Å²) in [6.45, 7) is 16.7. The van der Waals surface area contributed by atoms with Crippen LogP contribution < -0.4 is 14.5 Å². The van der Waals surface area contributed by atoms with Crippen LogP contribution in [0.5, 0.6) is 11.5 Å². The average molecular weight is 671 g/mol. The van der Waals surface area contributed by atoms with E-state index in [0.29, 0.717) is 11.8 Å². The van der Waals surface area contributed by atoms with E-state index < -0.39 is 0 Å². The Labute approximate surface area is 301 Å². The fourth-order valence-electron chi connectivity index (χ4n) is 7.70. The Balaban J connectivity index is 1.20. The number of ether oxygens (including phenoxy) is 1. The Morgan fingerprint density at radius 2 is 1.29 bits per heavy atom. The lowest BCUT2D eigenvalue weighted by Gasteiger charge is -2.34. The van der Waals surface area contributed by atoms with E-state index in [2.05, 4.69) is 178 Å². The molecule has 0 saturated heterocycles. The smallest absolute Gasteiger partial charge is 0.138 e. The van der Waals surface area contributed by atoms with Crippen molar-refractivity contribution in [2.45, 2.75) is 65.8 Å². The van der Waals surface area contributed by atoms with Crippen LogP contribution in [0.2, 0.25) is 0 Å². The first-order valence-corrected chi connectivity index (χ1v) is 18.1. The van der Waals surface area contributed by atoms with Crippen LogP contribution in [0, 0.1) is 0 Å². The summed E-state index contributed by atoms with van der Waals surface area (Å²) in [7, 11) is 0. The molecule has 5 heteroatoms. The van der Waals surface area contributed by atoms with E-state index in [1.807, 2.05) is 12.3 Å². The number of aromatic nitrogens is 2. The van der Waals surface area contributed by atoms with Gasteiger partial charge in [-0.2, -0.15) is 0 Å². The van der Waals surface area contributed by atoms with Crippen LogP contribution in [0.1, 0.15) is 71.4 Å². The SMILES string of the molecule is CC(C)c1cccc(C(C)C)c1-c1ccnc(-n2c3ccccc3c3ccc(Oc4cccc(N5CN(C(C)(C)C)c6ccccc65)c4)cc32)c1. The molecule has 1 aliphatic heterocycles. The Kier molecular flexibility index (Phi) is 8.10. The third-order valence-corrected chi connectivity index (χ3v) is 10.2. The number of para-hydroxylation sites is 3. The summed E-state index contributed by atoms with van der Waals surface area (Å²) >= 11 is 0. The molecule has 51 heavy (non-hydrogen) atoms. The van der Waals surface area contributed by atoms with Crippen molar-refractivity contribution in [1.29, 1.82) is 0 Å². The van der Waals surface area contributed by atoms with Gasteiger partial charge in [0.2, 0.25) is 0 Å². The Morgan fingerprint density at radius 3 is 2.04 bits per heavy atom. The van der Waals surface area contributed by atoms with Crippen LogP contribution in [0.4, 0.5) is 17.1 Å². The van der Waals surface area contributed by atoms with Gasteiger partial charge in [0.1, 0.15) is 17.3 Å². The van der Waals surface area contributed by atoms with Crippen molar-refractivity contribution >= 4 is 38.9 Å². The molecule has 0 N–H and O–H groups in total. The minimum absolute atomic E-state index is 0.00423. The van der Waals surface area contributed by atoms with Crippen molar-refractivity contribution in [2.24, 2.45) is 0 Å². The monoisotopic (exact) mass is 670 g/mol. The number of pyridine rings is 1. The van der Waals surface area contributed by atoms with Crippen molar-refractivity contribution < 1.29 is 4.74 Å². The van der Waals surface area contributed by atoms with Crippen molar-refractivity contribution in [3.63, 3.8) is 0 Å². The topological polar surface area (TPSA) is 33.5 Å². The highest BCUT2D eigenvalue weighted by Gasteiger charge is 2.33. The molecule has 0 bridgehead atoms. The highest BCUT2D eigenvalue weighted by atomic mass is 16.5. The molecule has 2 aromatic heterocycles. The molecule has 0 fully saturated rings. The van der Waals surface area contributed by atoms with E-state index in [0.717, 1.165) is 40.7 Å². The predicted molar refractivity (Wildman–Crippen MR) is 214 cm³/mol. The van der Waals surface area contributed by atoms with Crippen molar-refractivity contribution in [3.05, 3.63) is 139 Å². The van der Waals surface area contributed by atoms with Gasteiger partial charge in [-0.25, -0.2) is 4.98 Å². The molecule has 0 aliphatic carbocycles. The first-order valence-electron chi connectivity index (χ1n) is 18.1. The van der Waals surface area contributed by atoms with Crippen molar-refractivity contribution in [2.75, 3.05) is 16.5 Å². The van der Waals surface area contributed by atoms with Gasteiger partial charge >= 0.3 is 0 Å². The van der Waals surface area contributed by atoms with E-state index in [1.165, 1.54) is 44.4 Å². The Hall–Kier alpha value is -5.55. The van der Waals surface area contributed by atoms with Gasteiger partial charge in [-0.3, -0.25) is 4.57 Å². The first-order chi connectivity index (χ1) is 24.6. The van der Waals surface area contributed by atoms with Gasteiger partial charge in [0, 0.05) is 40.3 Å². The standard InChI is InChI=1S/C46H46N4O/c1-30(2)36-17-13-18-37(31(3)4)45(36)32-24-25-47-44(26-32)50-40-19-9-8-16-38(40)39-23-22-35(28-43(39)50)51-34-15-12-14-33(27-34)48-29-49(46(5,6)7)42-21-11-10-20-41(42)48/h8-28,30-31H,29H2,1-7H3. The molecular weight excluding hydrogens is 625 g/mol. The third kappa shape index (κ3) is 5.81. The molecule has 5 aromatic carbocycles. The number of hydrogen-bond donors (Lipinski definition) is 0. The summed E-state index contributed by atoms with van der Waals surface area (Å²) in [5, 5.41) is 2.36. The molecule has 0 saturated carbocycles. The minimum atomic E-state index is -0.00423. The fraction of sp³-hybridized carbons (Fsp3) is 0.239. The summed E-state index contributed by atoms with van der Waals surface area (Å²) in [5.74, 6) is 3.28. The summed E-state index contributed by atoms with van der Waals surface area (Å²) in [5.41, 5.74) is 11.0. The van der Waals surface area contributed by atoms with Gasteiger partial charge in [-0.05, 0) is 109 Å². The maximum Gasteiger partial charge on any atom is 0.138 e. The number of hydrogen-bond acceptors (Lipinski definition) is 4. The molecule has 0 amide bonds. The molecule has 1 aliphatic rings. The second kappa shape index (κ2) is 12.6. The predicted octanol–water partition coefficient (Wildman–Crippen LogP) is 12.6. The Bertz CT molecular complexity index is 2370. The molecule has 7 aromatic rings. The molecule has 8 rings (SSSR count). The maximum absolute atomic E-state index is 6.66. The van der Waals surface area contributed by atoms with E-state index >= 15 is 0 Å². The number of anilines is 3. The molecule has 0 unspecified atom stereocenters. The fourth-order valence-corrected chi connectivity index (χ4v) is 7.70. The van der Waals surface area contributed by atoms with E-state index in [4.69, 9.17) is 9.72 Å². The quantitative estimate of drug-likeness (QED) is 0.169. The Morgan fingerprint density at radius 1 is 0.627 bits per heavy atom. The van der Waals surface area contributed by atoms with Crippen LogP contribution in [0.3, 0.4) is 0 Å². The molecule has 256 valence electrons. The van der Waals surface area contributed by atoms with Crippen molar-refractivity contribution in [3.8, 4) is 28.4 Å². The zero-order valence-electron chi connectivity index (χ0n) is 30.7. The van der Waals surface area contributed by atoms with Gasteiger partial charge in [0.15, 0.2) is 0 Å². The molecular formula is C46H46N4O. The lowest BCUT2D eigenvalue weighted by Crippen LogP contribution is -2.42. The van der Waals surface area contributed by atoms with Gasteiger partial charge in [-0.15, -0.1) is 0 Å². The van der Waals surface area contributed by atoms with E-state index in [-0.39, 0.29) is 5.54 Å². The average Bonchev–Trinajstić information content (AvgIpc) is 3.68. The molecule has 0 spiro atoms. The zero-order chi connectivity index (χ0) is 35.4. The number of nitrogens with zero attached hydrogens (tertiary/aromatic N) is 4. The number of fused-ring (bicyclic) bond motifs is 4. The summed E-state index contributed by atoms with van der Waals surface area (Å²) < 4.78 is 8.94. The van der Waals surface area contributed by atoms with Crippen LogP contribution in [-0.2, 0) is 0 Å². The van der Waals surface area contributed by atoms with Crippen LogP contribution in [0.25, 0.3) is 38.8 Å². The summed E-state index contributed by atoms with van der Waals surface area (Å²) in [6, 6.07) is 43.2. The molecule has 5 nitrogen and oxygen atoms in total. The van der Waals surface area contributed by atoms with Gasteiger partial charge in [-0.1, -0.05) is 82.3 Å². The van der Waals surface area contributed by atoms with Crippen LogP contribution >= 0.6 is 0 Å². The second-order valence-electron chi connectivity index (χ2n) is 15.3. The number of benzene rings is 5. The zero-order valence-corrected chi connectivity index (χ0v) is 30.7. The summed E-state index contributed by atoms with van der Waals surface area (Å²) in [4.78, 5) is 9.81. The van der Waals surface area contributed by atoms with E-state index in [9.17, 15) is 0 Å². The van der Waals surface area contributed by atoms with Crippen LogP contribution in [-0.4, -0.2) is 21.8 Å². The van der Waals surface area contributed by atoms with Gasteiger partial charge in [0.25, 0.3) is 0 Å². The lowest BCUT2D eigenvalue weighted by molar-refractivity contribution is 0.483. The first kappa shape index (κ1) is 32.6. The van der Waals surface area contributed by atoms with Gasteiger partial charge < -0.3 is 14.5 Å². The highest BCUT2D eigenvalue weighted by molar-refractivity contribution is 6.09. The summed E-state index contributed by atoms with van der Waals surface area (Å²) in [6.07, 6.45) is 1.95. The maximum atomic E-state index is 6.66. The molecule has 0 atom stereocenters. The largest absolute Gasteiger partial charge is 0.457 e. The lowest BCUT2D eigenvalue weighted by atomic mass is 9.85. The molecule has 0 radical (unpaired) electrons. The normalized spacial score (nSPS) is 13.2. The molecule has 3 heterocycles. The number of rotatable bonds is 7. The minimum Gasteiger partial charge on any atom is -0.457 e. The second-order valence-corrected chi connectivity index (χ2v) is 15.3. The van der Waals surface area contributed by atoms with Crippen molar-refractivity contribution in [1.82, 2.24) is 9.55 Å².